The molecule has 1 atom stereocenters. The minimum Gasteiger partial charge on any atom is -0.478 e. The quantitative estimate of drug-likeness (QED) is 0.772. The Bertz CT molecular complexity index is 395. The number of nitrogens with zero attached hydrogens (tertiary/aromatic N) is 2. The molecule has 1 unspecified atom stereocenters. The van der Waals surface area contributed by atoms with Crippen molar-refractivity contribution in [3.63, 3.8) is 0 Å². The van der Waals surface area contributed by atoms with Gasteiger partial charge in [-0.3, -0.25) is 0 Å². The highest BCUT2D eigenvalue weighted by Gasteiger charge is 2.22. The SMILES string of the molecule is O=C(O)c1cccnc1N1CCCC(O)C1. The van der Waals surface area contributed by atoms with E-state index in [-0.39, 0.29) is 5.56 Å². The van der Waals surface area contributed by atoms with Crippen molar-refractivity contribution in [3.8, 4) is 0 Å². The smallest absolute Gasteiger partial charge is 0.339 e. The van der Waals surface area contributed by atoms with Crippen LogP contribution < -0.4 is 4.90 Å². The molecule has 0 spiro atoms. The molecule has 1 aromatic rings. The summed E-state index contributed by atoms with van der Waals surface area (Å²) < 4.78 is 0. The number of anilines is 1. The van der Waals surface area contributed by atoms with Crippen LogP contribution in [0.4, 0.5) is 5.82 Å². The predicted octanol–water partition coefficient (Wildman–Crippen LogP) is 0.741. The summed E-state index contributed by atoms with van der Waals surface area (Å²) in [5, 5.41) is 18.6. The molecular weight excluding hydrogens is 208 g/mol. The molecule has 0 amide bonds. The van der Waals surface area contributed by atoms with E-state index in [1.807, 2.05) is 4.90 Å². The van der Waals surface area contributed by atoms with E-state index < -0.39 is 12.1 Å². The fourth-order valence-electron chi connectivity index (χ4n) is 1.96. The molecule has 0 aliphatic carbocycles. The molecule has 2 heterocycles. The molecule has 1 aliphatic rings. The zero-order valence-electron chi connectivity index (χ0n) is 8.83. The number of carboxylic acid groups (broad SMARTS) is 1. The summed E-state index contributed by atoms with van der Waals surface area (Å²) >= 11 is 0. The number of carbonyl (C=O) groups is 1. The maximum absolute atomic E-state index is 11.0. The Morgan fingerprint density at radius 1 is 1.56 bits per heavy atom. The third-order valence-electron chi connectivity index (χ3n) is 2.71. The van der Waals surface area contributed by atoms with Crippen LogP contribution >= 0.6 is 0 Å². The molecule has 1 aliphatic heterocycles. The summed E-state index contributed by atoms with van der Waals surface area (Å²) in [5.41, 5.74) is 0.191. The molecule has 2 rings (SSSR count). The standard InChI is InChI=1S/C11H14N2O3/c14-8-3-2-6-13(7-8)10-9(11(15)16)4-1-5-12-10/h1,4-5,8,14H,2-3,6-7H2,(H,15,16). The van der Waals surface area contributed by atoms with Crippen molar-refractivity contribution in [3.05, 3.63) is 23.9 Å². The van der Waals surface area contributed by atoms with Gasteiger partial charge in [-0.1, -0.05) is 0 Å². The van der Waals surface area contributed by atoms with Crippen molar-refractivity contribution < 1.29 is 15.0 Å². The highest BCUT2D eigenvalue weighted by molar-refractivity contribution is 5.93. The van der Waals surface area contributed by atoms with Crippen LogP contribution in [0.1, 0.15) is 23.2 Å². The van der Waals surface area contributed by atoms with Gasteiger partial charge in [0, 0.05) is 19.3 Å². The van der Waals surface area contributed by atoms with Crippen LogP contribution in [-0.2, 0) is 0 Å². The van der Waals surface area contributed by atoms with Crippen molar-refractivity contribution >= 4 is 11.8 Å². The van der Waals surface area contributed by atoms with Gasteiger partial charge in [0.25, 0.3) is 0 Å². The van der Waals surface area contributed by atoms with Gasteiger partial charge < -0.3 is 15.1 Å². The fourth-order valence-corrected chi connectivity index (χ4v) is 1.96. The van der Waals surface area contributed by atoms with E-state index in [0.717, 1.165) is 19.4 Å². The lowest BCUT2D eigenvalue weighted by molar-refractivity contribution is 0.0696. The summed E-state index contributed by atoms with van der Waals surface area (Å²) in [7, 11) is 0. The van der Waals surface area contributed by atoms with E-state index in [4.69, 9.17) is 5.11 Å². The number of carboxylic acids is 1. The van der Waals surface area contributed by atoms with Crippen LogP contribution in [0, 0.1) is 0 Å². The first-order valence-electron chi connectivity index (χ1n) is 5.30. The number of aliphatic hydroxyl groups is 1. The minimum atomic E-state index is -0.983. The van der Waals surface area contributed by atoms with Crippen molar-refractivity contribution in [1.29, 1.82) is 0 Å². The molecule has 0 radical (unpaired) electrons. The van der Waals surface area contributed by atoms with Crippen LogP contribution in [0.25, 0.3) is 0 Å². The molecule has 0 bridgehead atoms. The molecule has 1 saturated heterocycles. The fraction of sp³-hybridized carbons (Fsp3) is 0.455. The predicted molar refractivity (Wildman–Crippen MR) is 58.7 cm³/mol. The van der Waals surface area contributed by atoms with Crippen LogP contribution in [0.5, 0.6) is 0 Å². The monoisotopic (exact) mass is 222 g/mol. The van der Waals surface area contributed by atoms with E-state index >= 15 is 0 Å². The topological polar surface area (TPSA) is 73.7 Å². The van der Waals surface area contributed by atoms with Gasteiger partial charge in [0.2, 0.25) is 0 Å². The molecule has 5 nitrogen and oxygen atoms in total. The maximum Gasteiger partial charge on any atom is 0.339 e. The normalized spacial score (nSPS) is 20.8. The number of piperidine rings is 1. The molecule has 1 fully saturated rings. The number of rotatable bonds is 2. The summed E-state index contributed by atoms with van der Waals surface area (Å²) in [6.45, 7) is 1.20. The van der Waals surface area contributed by atoms with Gasteiger partial charge in [-0.25, -0.2) is 9.78 Å². The Hall–Kier alpha value is -1.62. The molecule has 5 heteroatoms. The number of hydrogen-bond acceptors (Lipinski definition) is 4. The van der Waals surface area contributed by atoms with Crippen molar-refractivity contribution in [1.82, 2.24) is 4.98 Å². The zero-order valence-corrected chi connectivity index (χ0v) is 8.83. The van der Waals surface area contributed by atoms with Crippen molar-refractivity contribution in [2.45, 2.75) is 18.9 Å². The van der Waals surface area contributed by atoms with Crippen LogP contribution in [0.15, 0.2) is 18.3 Å². The van der Waals surface area contributed by atoms with Gasteiger partial charge in [0.1, 0.15) is 11.4 Å². The molecule has 0 saturated carbocycles. The van der Waals surface area contributed by atoms with Crippen LogP contribution in [-0.4, -0.2) is 40.4 Å². The lowest BCUT2D eigenvalue weighted by Crippen LogP contribution is -2.39. The van der Waals surface area contributed by atoms with Gasteiger partial charge in [-0.2, -0.15) is 0 Å². The lowest BCUT2D eigenvalue weighted by atomic mass is 10.1. The Labute approximate surface area is 93.3 Å². The van der Waals surface area contributed by atoms with Crippen molar-refractivity contribution in [2.75, 3.05) is 18.0 Å². The number of aromatic carboxylic acids is 1. The average molecular weight is 222 g/mol. The highest BCUT2D eigenvalue weighted by Crippen LogP contribution is 2.21. The highest BCUT2D eigenvalue weighted by atomic mass is 16.4. The second-order valence-electron chi connectivity index (χ2n) is 3.92. The molecule has 16 heavy (non-hydrogen) atoms. The average Bonchev–Trinajstić information content (AvgIpc) is 2.29. The van der Waals surface area contributed by atoms with Crippen molar-refractivity contribution in [2.24, 2.45) is 0 Å². The Balaban J connectivity index is 2.28. The van der Waals surface area contributed by atoms with E-state index in [1.165, 1.54) is 6.07 Å². The summed E-state index contributed by atoms with van der Waals surface area (Å²) in [6.07, 6.45) is 2.81. The van der Waals surface area contributed by atoms with E-state index in [0.29, 0.717) is 12.4 Å². The first-order chi connectivity index (χ1) is 7.68. The molecule has 86 valence electrons. The molecule has 0 aromatic carbocycles. The third kappa shape index (κ3) is 2.14. The molecular formula is C11H14N2O3. The second-order valence-corrected chi connectivity index (χ2v) is 3.92. The second kappa shape index (κ2) is 4.49. The number of hydrogen-bond donors (Lipinski definition) is 2. The number of aliphatic hydroxyl groups excluding tert-OH is 1. The minimum absolute atomic E-state index is 0.191. The number of β-amino-alcohol motifs (C(OH)–C–C–N with tert-alkyl or cyclic N) is 1. The maximum atomic E-state index is 11.0. The van der Waals surface area contributed by atoms with Gasteiger partial charge in [-0.15, -0.1) is 0 Å². The third-order valence-corrected chi connectivity index (χ3v) is 2.71. The van der Waals surface area contributed by atoms with Gasteiger partial charge >= 0.3 is 5.97 Å². The van der Waals surface area contributed by atoms with Crippen LogP contribution in [0.3, 0.4) is 0 Å². The Morgan fingerprint density at radius 3 is 3.06 bits per heavy atom. The van der Waals surface area contributed by atoms with E-state index in [1.54, 1.807) is 12.3 Å². The van der Waals surface area contributed by atoms with Crippen LogP contribution in [0.2, 0.25) is 0 Å². The zero-order chi connectivity index (χ0) is 11.5. The van der Waals surface area contributed by atoms with Gasteiger partial charge in [-0.05, 0) is 25.0 Å². The lowest BCUT2D eigenvalue weighted by Gasteiger charge is -2.31. The molecule has 1 aromatic heterocycles. The van der Waals surface area contributed by atoms with Gasteiger partial charge in [0.05, 0.1) is 6.10 Å². The first kappa shape index (κ1) is 10.9. The first-order valence-corrected chi connectivity index (χ1v) is 5.30. The van der Waals surface area contributed by atoms with E-state index in [9.17, 15) is 9.90 Å². The number of pyridine rings is 1. The Kier molecular flexibility index (Phi) is 3.05. The number of aromatic nitrogens is 1. The summed E-state index contributed by atoms with van der Waals surface area (Å²) in [5.74, 6) is -0.531. The Morgan fingerprint density at radius 2 is 2.38 bits per heavy atom. The van der Waals surface area contributed by atoms with E-state index in [2.05, 4.69) is 4.98 Å². The van der Waals surface area contributed by atoms with Gasteiger partial charge in [0.15, 0.2) is 0 Å². The largest absolute Gasteiger partial charge is 0.478 e. The summed E-state index contributed by atoms with van der Waals surface area (Å²) in [4.78, 5) is 16.9. The molecule has 2 N–H and O–H groups in total. The summed E-state index contributed by atoms with van der Waals surface area (Å²) in [6, 6.07) is 3.14.